The number of carbonyl (C=O) groups excluding carboxylic acids is 1. The maximum Gasteiger partial charge on any atom is 0.322 e. The van der Waals surface area contributed by atoms with Crippen molar-refractivity contribution in [3.8, 4) is 0 Å². The minimum Gasteiger partial charge on any atom is -0.356 e. The van der Waals surface area contributed by atoms with E-state index >= 15 is 0 Å². The summed E-state index contributed by atoms with van der Waals surface area (Å²) in [6.45, 7) is 4.67. The van der Waals surface area contributed by atoms with Crippen LogP contribution in [-0.4, -0.2) is 22.5 Å². The summed E-state index contributed by atoms with van der Waals surface area (Å²) < 4.78 is 14.4. The third-order valence-electron chi connectivity index (χ3n) is 7.78. The van der Waals surface area contributed by atoms with Crippen molar-refractivity contribution in [1.82, 2.24) is 9.88 Å². The summed E-state index contributed by atoms with van der Waals surface area (Å²) in [6, 6.07) is 20.6. The number of nitrogens with one attached hydrogen (secondary N) is 2. The second-order valence-corrected chi connectivity index (χ2v) is 10.3. The molecule has 5 heteroatoms. The summed E-state index contributed by atoms with van der Waals surface area (Å²) in [7, 11) is 0. The van der Waals surface area contributed by atoms with E-state index in [0.717, 1.165) is 59.3 Å². The first-order chi connectivity index (χ1) is 16.9. The number of anilines is 1. The first-order valence-corrected chi connectivity index (χ1v) is 12.5. The minimum atomic E-state index is -0.398. The maximum atomic E-state index is 14.4. The zero-order valence-electron chi connectivity index (χ0n) is 20.2. The molecule has 1 aliphatic heterocycles. The third-order valence-corrected chi connectivity index (χ3v) is 7.78. The highest BCUT2D eigenvalue weighted by Gasteiger charge is 2.49. The van der Waals surface area contributed by atoms with Gasteiger partial charge in [-0.15, -0.1) is 0 Å². The molecule has 1 spiro atoms. The largest absolute Gasteiger partial charge is 0.356 e. The van der Waals surface area contributed by atoms with Crippen molar-refractivity contribution < 1.29 is 9.18 Å². The van der Waals surface area contributed by atoms with Crippen LogP contribution in [0.25, 0.3) is 10.9 Å². The number of carbonyl (C=O) groups is 1. The van der Waals surface area contributed by atoms with Crippen LogP contribution in [0.5, 0.6) is 0 Å². The van der Waals surface area contributed by atoms with Crippen LogP contribution >= 0.6 is 0 Å². The zero-order valence-corrected chi connectivity index (χ0v) is 20.2. The third kappa shape index (κ3) is 3.70. The van der Waals surface area contributed by atoms with Gasteiger partial charge in [0.15, 0.2) is 0 Å². The average Bonchev–Trinajstić information content (AvgIpc) is 3.43. The van der Waals surface area contributed by atoms with Crippen LogP contribution in [0.2, 0.25) is 0 Å². The van der Waals surface area contributed by atoms with Crippen LogP contribution in [-0.2, 0) is 5.41 Å². The monoisotopic (exact) mass is 467 g/mol. The van der Waals surface area contributed by atoms with Crippen LogP contribution in [0.3, 0.4) is 0 Å². The molecule has 2 heterocycles. The molecule has 1 aromatic heterocycles. The Labute approximate surface area is 205 Å². The number of aromatic amines is 1. The number of halogens is 1. The Hall–Kier alpha value is -3.60. The maximum absolute atomic E-state index is 14.4. The lowest BCUT2D eigenvalue weighted by molar-refractivity contribution is 0.161. The molecule has 2 N–H and O–H groups in total. The normalized spacial score (nSPS) is 18.7. The number of para-hydroxylation sites is 1. The molecule has 3 aromatic carbocycles. The number of hydrogen-bond donors (Lipinski definition) is 2. The number of nitrogens with zero attached hydrogens (tertiary/aromatic N) is 1. The number of rotatable bonds is 2. The van der Waals surface area contributed by atoms with Gasteiger partial charge in [-0.3, -0.25) is 0 Å². The molecule has 1 fully saturated rings. The van der Waals surface area contributed by atoms with E-state index in [4.69, 9.17) is 0 Å². The molecule has 4 aromatic rings. The van der Waals surface area contributed by atoms with Gasteiger partial charge >= 0.3 is 6.03 Å². The van der Waals surface area contributed by atoms with Gasteiger partial charge in [0, 0.05) is 34.2 Å². The topological polar surface area (TPSA) is 48.1 Å². The summed E-state index contributed by atoms with van der Waals surface area (Å²) >= 11 is 0. The van der Waals surface area contributed by atoms with Crippen LogP contribution in [0, 0.1) is 19.7 Å². The first-order valence-electron chi connectivity index (χ1n) is 12.5. The van der Waals surface area contributed by atoms with Gasteiger partial charge in [-0.1, -0.05) is 49.2 Å². The Balaban J connectivity index is 1.52. The molecule has 2 amide bonds. The van der Waals surface area contributed by atoms with E-state index in [1.54, 1.807) is 12.1 Å². The number of fused-ring (bicyclic) bond motifs is 4. The molecule has 2 aliphatic rings. The van der Waals surface area contributed by atoms with Gasteiger partial charge in [0.2, 0.25) is 0 Å². The fraction of sp³-hybridized carbons (Fsp3) is 0.300. The van der Waals surface area contributed by atoms with E-state index in [0.29, 0.717) is 6.54 Å². The van der Waals surface area contributed by atoms with Crippen molar-refractivity contribution in [3.63, 3.8) is 0 Å². The number of aryl methyl sites for hydroxylation is 2. The van der Waals surface area contributed by atoms with Crippen molar-refractivity contribution >= 4 is 22.6 Å². The molecule has 0 bridgehead atoms. The van der Waals surface area contributed by atoms with Gasteiger partial charge in [-0.25, -0.2) is 9.18 Å². The molecule has 178 valence electrons. The van der Waals surface area contributed by atoms with E-state index in [1.165, 1.54) is 17.0 Å². The number of hydrogen-bond acceptors (Lipinski definition) is 1. The lowest BCUT2D eigenvalue weighted by atomic mass is 9.72. The summed E-state index contributed by atoms with van der Waals surface area (Å²) in [6.07, 6.45) is 4.39. The quantitative estimate of drug-likeness (QED) is 0.318. The fourth-order valence-electron chi connectivity index (χ4n) is 6.51. The smallest absolute Gasteiger partial charge is 0.322 e. The molecule has 1 unspecified atom stereocenters. The molecular formula is C30H30FN3O. The summed E-state index contributed by atoms with van der Waals surface area (Å²) in [5.74, 6) is -0.295. The Morgan fingerprint density at radius 3 is 2.49 bits per heavy atom. The molecular weight excluding hydrogens is 437 g/mol. The minimum absolute atomic E-state index is 0.0986. The van der Waals surface area contributed by atoms with Crippen LogP contribution in [0.4, 0.5) is 14.9 Å². The summed E-state index contributed by atoms with van der Waals surface area (Å²) in [4.78, 5) is 19.5. The predicted octanol–water partition coefficient (Wildman–Crippen LogP) is 7.37. The van der Waals surface area contributed by atoms with Crippen LogP contribution < -0.4 is 5.32 Å². The number of H-pyrrole nitrogens is 1. The van der Waals surface area contributed by atoms with E-state index in [-0.39, 0.29) is 17.3 Å². The number of benzene rings is 3. The van der Waals surface area contributed by atoms with E-state index < -0.39 is 6.04 Å². The van der Waals surface area contributed by atoms with Gasteiger partial charge in [-0.2, -0.15) is 0 Å². The van der Waals surface area contributed by atoms with Crippen molar-refractivity contribution in [1.29, 1.82) is 0 Å². The van der Waals surface area contributed by atoms with Crippen LogP contribution in [0.1, 0.15) is 59.7 Å². The molecule has 1 aliphatic carbocycles. The average molecular weight is 468 g/mol. The zero-order chi connectivity index (χ0) is 24.2. The number of amides is 2. The van der Waals surface area contributed by atoms with Gasteiger partial charge in [-0.05, 0) is 79.3 Å². The van der Waals surface area contributed by atoms with Gasteiger partial charge in [0.05, 0.1) is 6.04 Å². The first kappa shape index (κ1) is 21.9. The molecule has 35 heavy (non-hydrogen) atoms. The SMILES string of the molecule is Cc1cc(C)cc(NC(=O)N2CC3(CCCC3)c3c([nH]c4ccccc34)C2c2cccc(F)c2)c1. The fourth-order valence-corrected chi connectivity index (χ4v) is 6.51. The van der Waals surface area contributed by atoms with Gasteiger partial charge < -0.3 is 15.2 Å². The Morgan fingerprint density at radius 2 is 1.74 bits per heavy atom. The summed E-state index contributed by atoms with van der Waals surface area (Å²) in [5.41, 5.74) is 7.07. The highest BCUT2D eigenvalue weighted by Crippen LogP contribution is 2.53. The second-order valence-electron chi connectivity index (χ2n) is 10.3. The summed E-state index contributed by atoms with van der Waals surface area (Å²) in [5, 5.41) is 4.38. The van der Waals surface area contributed by atoms with E-state index in [2.05, 4.69) is 34.6 Å². The molecule has 4 nitrogen and oxygen atoms in total. The lowest BCUT2D eigenvalue weighted by Gasteiger charge is -2.45. The van der Waals surface area contributed by atoms with Crippen molar-refractivity contribution in [2.24, 2.45) is 0 Å². The van der Waals surface area contributed by atoms with Crippen LogP contribution in [0.15, 0.2) is 66.7 Å². The molecule has 1 saturated carbocycles. The van der Waals surface area contributed by atoms with Gasteiger partial charge in [0.25, 0.3) is 0 Å². The van der Waals surface area contributed by atoms with Crippen molar-refractivity contribution in [2.45, 2.75) is 51.0 Å². The molecule has 6 rings (SSSR count). The Morgan fingerprint density at radius 1 is 1.00 bits per heavy atom. The molecule has 0 saturated heterocycles. The highest BCUT2D eigenvalue weighted by atomic mass is 19.1. The van der Waals surface area contributed by atoms with Crippen molar-refractivity contribution in [2.75, 3.05) is 11.9 Å². The number of aromatic nitrogens is 1. The molecule has 1 atom stereocenters. The highest BCUT2D eigenvalue weighted by molar-refractivity contribution is 5.92. The van der Waals surface area contributed by atoms with Crippen molar-refractivity contribution in [3.05, 3.63) is 100 Å². The second kappa shape index (κ2) is 8.26. The predicted molar refractivity (Wildman–Crippen MR) is 138 cm³/mol. The molecule has 0 radical (unpaired) electrons. The van der Waals surface area contributed by atoms with E-state index in [1.807, 2.05) is 43.0 Å². The Kier molecular flexibility index (Phi) is 5.17. The van der Waals surface area contributed by atoms with E-state index in [9.17, 15) is 9.18 Å². The lowest BCUT2D eigenvalue weighted by Crippen LogP contribution is -2.51. The number of urea groups is 1. The van der Waals surface area contributed by atoms with Gasteiger partial charge in [0.1, 0.15) is 5.82 Å². The Bertz CT molecular complexity index is 1410. The standard InChI is InChI=1S/C30H30FN3O/c1-19-14-20(2)16-23(15-19)32-29(35)34-18-30(12-5-6-13-30)26-24-10-3-4-11-25(24)33-27(26)28(34)21-8-7-9-22(31)17-21/h3-4,7-11,14-17,28,33H,5-6,12-13,18H2,1-2H3,(H,32,35).